The van der Waals surface area contributed by atoms with Gasteiger partial charge < -0.3 is 9.40 Å². The number of carbonyl (C=O) groups excluding carboxylic acids is 3. The van der Waals surface area contributed by atoms with Crippen LogP contribution in [0, 0.1) is 0 Å². The highest BCUT2D eigenvalue weighted by molar-refractivity contribution is 8.01. The van der Waals surface area contributed by atoms with Gasteiger partial charge in [-0.05, 0) is 78.5 Å². The molecule has 4 aromatic carbocycles. The van der Waals surface area contributed by atoms with Gasteiger partial charge in [0.25, 0.3) is 0 Å². The van der Waals surface area contributed by atoms with Gasteiger partial charge in [-0.3, -0.25) is 9.59 Å². The molecule has 0 saturated carbocycles. The number of benzene rings is 4. The number of Topliss-reactive ketones (excluding diaryl/α,β-unsaturated/α-hetero) is 1. The van der Waals surface area contributed by atoms with Gasteiger partial charge in [0.2, 0.25) is 5.78 Å². The van der Waals surface area contributed by atoms with Crippen LogP contribution in [0.5, 0.6) is 0 Å². The number of thioether (sulfide) groups is 1. The van der Waals surface area contributed by atoms with Crippen LogP contribution in [-0.4, -0.2) is 38.6 Å². The van der Waals surface area contributed by atoms with Gasteiger partial charge in [0.15, 0.2) is 10.1 Å². The van der Waals surface area contributed by atoms with Crippen LogP contribution in [0.3, 0.4) is 0 Å². The maximum atomic E-state index is 13.4. The van der Waals surface area contributed by atoms with Gasteiger partial charge in [-0.1, -0.05) is 79.9 Å². The van der Waals surface area contributed by atoms with Crippen LogP contribution < -0.4 is 0 Å². The fourth-order valence-electron chi connectivity index (χ4n) is 6.33. The minimum absolute atomic E-state index is 0.0234. The zero-order valence-electron chi connectivity index (χ0n) is 29.0. The lowest BCUT2D eigenvalue weighted by atomic mass is 10.0. The Hall–Kier alpha value is -4.90. The van der Waals surface area contributed by atoms with Crippen molar-refractivity contribution in [1.29, 1.82) is 0 Å². The van der Waals surface area contributed by atoms with Gasteiger partial charge in [0, 0.05) is 52.2 Å². The van der Waals surface area contributed by atoms with Crippen molar-refractivity contribution in [2.75, 3.05) is 5.75 Å². The molecule has 0 saturated heterocycles. The normalized spacial score (nSPS) is 11.8. The number of ketones is 2. The highest BCUT2D eigenvalue weighted by Crippen LogP contribution is 2.35. The van der Waals surface area contributed by atoms with E-state index in [2.05, 4.69) is 22.7 Å². The Morgan fingerprint density at radius 2 is 1.52 bits per heavy atom. The number of aromatic nitrogens is 2. The highest BCUT2D eigenvalue weighted by Gasteiger charge is 2.19. The third kappa shape index (κ3) is 7.79. The number of hydrogen-bond donors (Lipinski definition) is 0. The monoisotopic (exact) mass is 743 g/mol. The van der Waals surface area contributed by atoms with Crippen LogP contribution >= 0.6 is 34.4 Å². The third-order valence-electron chi connectivity index (χ3n) is 8.95. The van der Waals surface area contributed by atoms with Crippen LogP contribution in [0.4, 0.5) is 0 Å². The summed E-state index contributed by atoms with van der Waals surface area (Å²) in [5.74, 6) is 0.0800. The minimum atomic E-state index is -0.490. The van der Waals surface area contributed by atoms with Crippen molar-refractivity contribution >= 4 is 89.7 Å². The Morgan fingerprint density at radius 1 is 0.808 bits per heavy atom. The molecule has 3 heterocycles. The zero-order chi connectivity index (χ0) is 36.0. The van der Waals surface area contributed by atoms with Gasteiger partial charge in [0.05, 0.1) is 31.8 Å². The highest BCUT2D eigenvalue weighted by atomic mass is 32.2. The number of unbranched alkanes of at least 4 members (excludes halogenated alkanes) is 4. The van der Waals surface area contributed by atoms with Crippen molar-refractivity contribution in [3.05, 3.63) is 124 Å². The van der Waals surface area contributed by atoms with Crippen molar-refractivity contribution in [3.63, 3.8) is 0 Å². The molecule has 7 aromatic rings. The lowest BCUT2D eigenvalue weighted by Gasteiger charge is -2.11. The summed E-state index contributed by atoms with van der Waals surface area (Å²) in [5.41, 5.74) is 6.43. The van der Waals surface area contributed by atoms with Crippen molar-refractivity contribution in [3.8, 4) is 5.69 Å². The first-order valence-electron chi connectivity index (χ1n) is 17.4. The number of fused-ring (bicyclic) bond motifs is 4. The molecule has 0 bridgehead atoms. The fourth-order valence-corrected chi connectivity index (χ4v) is 9.03. The molecule has 3 aromatic heterocycles. The first-order valence-corrected chi connectivity index (χ1v) is 20.1. The van der Waals surface area contributed by atoms with Crippen LogP contribution in [0.15, 0.2) is 112 Å². The maximum absolute atomic E-state index is 13.4. The summed E-state index contributed by atoms with van der Waals surface area (Å²) < 4.78 is 4.18. The van der Waals surface area contributed by atoms with E-state index < -0.39 is 5.97 Å². The van der Waals surface area contributed by atoms with E-state index in [9.17, 15) is 14.4 Å². The molecule has 52 heavy (non-hydrogen) atoms. The Labute approximate surface area is 314 Å². The summed E-state index contributed by atoms with van der Waals surface area (Å²) in [6.07, 6.45) is 5.96. The molecule has 0 unspecified atom stereocenters. The standard InChI is InChI=1S/C42H37N3O4S3/c1-3-4-5-6-7-12-38(47)29-17-21-36-32(24-29)33-25-30(41(48)40-14-10-23-50-40)18-22-37(33)45(36)31-19-15-28(16-20-31)35(44-49-27(2)46)26-51-42-43-34-11-8-9-13-39(34)52-42/h8-11,13-25H,3-7,12,26H2,1-2H3/b44-35-. The summed E-state index contributed by atoms with van der Waals surface area (Å²) in [6, 6.07) is 31.4. The number of nitrogens with zero attached hydrogens (tertiary/aromatic N) is 3. The molecule has 0 spiro atoms. The molecule has 262 valence electrons. The molecule has 0 aliphatic heterocycles. The van der Waals surface area contributed by atoms with E-state index in [0.29, 0.717) is 33.9 Å². The van der Waals surface area contributed by atoms with Crippen LogP contribution in [0.2, 0.25) is 0 Å². The van der Waals surface area contributed by atoms with E-state index in [4.69, 9.17) is 9.82 Å². The summed E-state index contributed by atoms with van der Waals surface area (Å²) in [7, 11) is 0. The minimum Gasteiger partial charge on any atom is -0.318 e. The van der Waals surface area contributed by atoms with Crippen LogP contribution in [0.25, 0.3) is 37.7 Å². The molecule has 0 amide bonds. The maximum Gasteiger partial charge on any atom is 0.331 e. The molecule has 0 atom stereocenters. The first kappa shape index (κ1) is 35.5. The molecule has 0 fully saturated rings. The molecule has 7 rings (SSSR count). The first-order chi connectivity index (χ1) is 25.4. The Bertz CT molecular complexity index is 2390. The summed E-state index contributed by atoms with van der Waals surface area (Å²) in [5, 5.41) is 7.95. The predicted molar refractivity (Wildman–Crippen MR) is 215 cm³/mol. The zero-order valence-corrected chi connectivity index (χ0v) is 31.4. The van der Waals surface area contributed by atoms with Crippen molar-refractivity contribution in [1.82, 2.24) is 9.55 Å². The lowest BCUT2D eigenvalue weighted by Crippen LogP contribution is -2.07. The fraction of sp³-hybridized carbons (Fsp3) is 0.214. The smallest absolute Gasteiger partial charge is 0.318 e. The average Bonchev–Trinajstić information content (AvgIpc) is 3.92. The summed E-state index contributed by atoms with van der Waals surface area (Å²) in [4.78, 5) is 49.0. The Kier molecular flexibility index (Phi) is 11.1. The largest absolute Gasteiger partial charge is 0.331 e. The average molecular weight is 744 g/mol. The Balaban J connectivity index is 1.23. The molecular formula is C42H37N3O4S3. The van der Waals surface area contributed by atoms with E-state index in [0.717, 1.165) is 66.9 Å². The number of carbonyl (C=O) groups is 3. The van der Waals surface area contributed by atoms with Crippen molar-refractivity contribution < 1.29 is 19.2 Å². The van der Waals surface area contributed by atoms with E-state index in [1.54, 1.807) is 23.1 Å². The second kappa shape index (κ2) is 16.2. The molecule has 7 nitrogen and oxygen atoms in total. The number of thiophene rings is 1. The van der Waals surface area contributed by atoms with E-state index in [1.807, 2.05) is 96.4 Å². The summed E-state index contributed by atoms with van der Waals surface area (Å²) >= 11 is 4.59. The molecule has 0 aliphatic rings. The van der Waals surface area contributed by atoms with E-state index >= 15 is 0 Å². The van der Waals surface area contributed by atoms with Gasteiger partial charge in [-0.15, -0.1) is 22.7 Å². The topological polar surface area (TPSA) is 90.6 Å². The molecule has 0 aliphatic carbocycles. The van der Waals surface area contributed by atoms with E-state index in [1.165, 1.54) is 31.1 Å². The number of rotatable bonds is 15. The number of oxime groups is 1. The van der Waals surface area contributed by atoms with Gasteiger partial charge in [-0.25, -0.2) is 9.78 Å². The van der Waals surface area contributed by atoms with Crippen molar-refractivity contribution in [2.45, 2.75) is 56.7 Å². The van der Waals surface area contributed by atoms with Crippen LogP contribution in [0.1, 0.15) is 83.5 Å². The second-order valence-corrected chi connectivity index (χ2v) is 15.8. The van der Waals surface area contributed by atoms with Gasteiger partial charge in [-0.2, -0.15) is 0 Å². The van der Waals surface area contributed by atoms with Crippen molar-refractivity contribution in [2.24, 2.45) is 5.16 Å². The number of para-hydroxylation sites is 1. The number of hydrogen-bond acceptors (Lipinski definition) is 9. The third-order valence-corrected chi connectivity index (χ3v) is 12.0. The molecular weight excluding hydrogens is 707 g/mol. The Morgan fingerprint density at radius 3 is 2.23 bits per heavy atom. The van der Waals surface area contributed by atoms with E-state index in [-0.39, 0.29) is 11.6 Å². The molecule has 0 N–H and O–H groups in total. The summed E-state index contributed by atoms with van der Waals surface area (Å²) in [6.45, 7) is 3.52. The SMILES string of the molecule is CCCCCCCC(=O)c1ccc2c(c1)c1cc(C(=O)c3cccs3)ccc1n2-c1ccc(/C(CSc2nc3ccccc3s2)=N\OC(C)=O)cc1. The predicted octanol–water partition coefficient (Wildman–Crippen LogP) is 11.3. The second-order valence-electron chi connectivity index (χ2n) is 12.6. The van der Waals surface area contributed by atoms with Gasteiger partial charge >= 0.3 is 5.97 Å². The lowest BCUT2D eigenvalue weighted by molar-refractivity contribution is -0.140. The molecule has 0 radical (unpaired) electrons. The van der Waals surface area contributed by atoms with Gasteiger partial charge in [0.1, 0.15) is 0 Å². The van der Waals surface area contributed by atoms with Crippen LogP contribution in [-0.2, 0) is 9.63 Å². The number of thiazole rings is 1. The quantitative estimate of drug-likeness (QED) is 0.0259. The molecule has 10 heteroatoms.